The molecule has 2 rings (SSSR count). The third-order valence-corrected chi connectivity index (χ3v) is 5.30. The van der Waals surface area contributed by atoms with E-state index in [4.69, 9.17) is 5.41 Å². The van der Waals surface area contributed by atoms with Crippen molar-refractivity contribution in [3.63, 3.8) is 0 Å². The van der Waals surface area contributed by atoms with Crippen LogP contribution in [0, 0.1) is 5.41 Å². The predicted molar refractivity (Wildman–Crippen MR) is 110 cm³/mol. The molecule has 0 aliphatic heterocycles. The number of anilines is 2. The molecule has 1 amide bonds. The molecule has 12 heteroatoms. The minimum atomic E-state index is -9.81. The Labute approximate surface area is 174 Å². The van der Waals surface area contributed by atoms with E-state index in [1.807, 2.05) is 0 Å². The number of amides is 1. The summed E-state index contributed by atoms with van der Waals surface area (Å²) < 4.78 is 64.5. The molecule has 0 aliphatic carbocycles. The van der Waals surface area contributed by atoms with E-state index in [2.05, 4.69) is 17.2 Å². The third-order valence-electron chi connectivity index (χ3n) is 4.13. The fraction of sp³-hybridized carbons (Fsp3) is 0.158. The average Bonchev–Trinajstić information content (AvgIpc) is 2.69. The lowest BCUT2D eigenvalue weighted by Gasteiger charge is -2.40. The van der Waals surface area contributed by atoms with Crippen LogP contribution in [0.4, 0.5) is 30.8 Å². The van der Waals surface area contributed by atoms with Crippen LogP contribution in [0.25, 0.3) is 0 Å². The van der Waals surface area contributed by atoms with Gasteiger partial charge in [0.1, 0.15) is 11.0 Å². The molecule has 2 aromatic rings. The molecule has 0 heterocycles. The van der Waals surface area contributed by atoms with Crippen molar-refractivity contribution in [3.8, 4) is 0 Å². The Morgan fingerprint density at radius 2 is 1.74 bits per heavy atom. The topological polar surface area (TPSA) is 105 Å². The zero-order valence-electron chi connectivity index (χ0n) is 15.9. The quantitative estimate of drug-likeness (QED) is 0.209. The summed E-state index contributed by atoms with van der Waals surface area (Å²) in [5.74, 6) is -0.564. The molecule has 0 saturated heterocycles. The molecular weight excluding hydrogens is 445 g/mol. The van der Waals surface area contributed by atoms with E-state index >= 15 is 0 Å². The molecule has 170 valence electrons. The second-order valence-electron chi connectivity index (χ2n) is 6.49. The van der Waals surface area contributed by atoms with E-state index in [0.717, 1.165) is 18.2 Å². The minimum absolute atomic E-state index is 0.00501. The zero-order chi connectivity index (χ0) is 23.5. The largest absolute Gasteiger partial charge is 0.393 e. The second kappa shape index (κ2) is 7.94. The van der Waals surface area contributed by atoms with Gasteiger partial charge in [-0.15, -0.1) is 0 Å². The van der Waals surface area contributed by atoms with Crippen molar-refractivity contribution >= 4 is 33.2 Å². The average molecular weight is 465 g/mol. The Bertz CT molecular complexity index is 1010. The first-order valence-corrected chi connectivity index (χ1v) is 10.6. The Balaban J connectivity index is 2.43. The molecule has 0 spiro atoms. The first kappa shape index (κ1) is 24.3. The molecule has 0 aromatic heterocycles. The van der Waals surface area contributed by atoms with E-state index in [9.17, 15) is 34.4 Å². The fourth-order valence-electron chi connectivity index (χ4n) is 2.67. The summed E-state index contributed by atoms with van der Waals surface area (Å²) in [6, 6.07) is 6.40. The Kier molecular flexibility index (Phi) is 6.23. The highest BCUT2D eigenvalue weighted by Gasteiger charge is 2.65. The van der Waals surface area contributed by atoms with Crippen LogP contribution in [0.1, 0.15) is 17.2 Å². The highest BCUT2D eigenvalue weighted by Crippen LogP contribution is 3.02. The van der Waals surface area contributed by atoms with Gasteiger partial charge < -0.3 is 26.3 Å². The highest BCUT2D eigenvalue weighted by atomic mass is 32.5. The first-order chi connectivity index (χ1) is 14.2. The van der Waals surface area contributed by atoms with Crippen molar-refractivity contribution in [2.75, 3.05) is 18.5 Å². The highest BCUT2D eigenvalue weighted by molar-refractivity contribution is 8.45. The molecule has 0 bridgehead atoms. The summed E-state index contributed by atoms with van der Waals surface area (Å²) in [5.41, 5.74) is 0.150. The summed E-state index contributed by atoms with van der Waals surface area (Å²) in [4.78, 5) is 9.34. The van der Waals surface area contributed by atoms with Gasteiger partial charge in [-0.1, -0.05) is 38.1 Å². The lowest BCUT2D eigenvalue weighted by Crippen LogP contribution is -2.29. The van der Waals surface area contributed by atoms with E-state index in [1.54, 1.807) is 0 Å². The van der Waals surface area contributed by atoms with Crippen molar-refractivity contribution < 1.29 is 34.4 Å². The number of benzene rings is 2. The van der Waals surface area contributed by atoms with Crippen LogP contribution in [-0.4, -0.2) is 35.0 Å². The molecule has 0 radical (unpaired) electrons. The van der Waals surface area contributed by atoms with Gasteiger partial charge in [-0.2, -0.15) is 0 Å². The number of hydrogen-bond donors (Lipinski definition) is 5. The Morgan fingerprint density at radius 3 is 2.26 bits per heavy atom. The van der Waals surface area contributed by atoms with Crippen LogP contribution >= 0.6 is 10.2 Å². The van der Waals surface area contributed by atoms with Crippen LogP contribution in [0.5, 0.6) is 0 Å². The standard InChI is InChI=1S/C19H20F5N3O3S/c1-2-18(30)26-10-15(25)19-14(17(29)11-28)4-3-5-16(19)27-12-6-8-13(9-7-12)31(20,21,22,23)24/h2-9,17,25,27-29H,1,10-11H2,(H,26,30). The molecule has 2 aromatic carbocycles. The Morgan fingerprint density at radius 1 is 1.13 bits per heavy atom. The zero-order valence-corrected chi connectivity index (χ0v) is 16.7. The third kappa shape index (κ3) is 6.26. The monoisotopic (exact) mass is 465 g/mol. The van der Waals surface area contributed by atoms with Crippen LogP contribution in [-0.2, 0) is 4.79 Å². The molecule has 0 aliphatic rings. The summed E-state index contributed by atoms with van der Waals surface area (Å²) in [5, 5.41) is 32.7. The van der Waals surface area contributed by atoms with Crippen molar-refractivity contribution in [3.05, 3.63) is 66.2 Å². The van der Waals surface area contributed by atoms with Gasteiger partial charge in [0, 0.05) is 16.9 Å². The number of halogens is 5. The molecule has 31 heavy (non-hydrogen) atoms. The van der Waals surface area contributed by atoms with Crippen LogP contribution in [0.15, 0.2) is 60.0 Å². The Hall–Kier alpha value is -2.96. The van der Waals surface area contributed by atoms with E-state index in [0.29, 0.717) is 0 Å². The van der Waals surface area contributed by atoms with Gasteiger partial charge in [0.25, 0.3) is 0 Å². The summed E-state index contributed by atoms with van der Waals surface area (Å²) in [6.45, 7) is 2.32. The predicted octanol–water partition coefficient (Wildman–Crippen LogP) is 4.78. The fourth-order valence-corrected chi connectivity index (χ4v) is 3.32. The van der Waals surface area contributed by atoms with Crippen molar-refractivity contribution in [1.29, 1.82) is 5.41 Å². The number of carbonyl (C=O) groups excluding carboxylic acids is 1. The first-order valence-electron chi connectivity index (χ1n) is 8.67. The molecule has 5 N–H and O–H groups in total. The SMILES string of the molecule is C=CC(=O)NCC(=N)c1c(Nc2ccc(S(F)(F)(F)(F)F)cc2)cccc1C(O)CO. The van der Waals surface area contributed by atoms with Gasteiger partial charge in [-0.3, -0.25) is 4.79 Å². The number of nitrogens with one attached hydrogen (secondary N) is 3. The van der Waals surface area contributed by atoms with E-state index in [1.165, 1.54) is 18.2 Å². The van der Waals surface area contributed by atoms with Gasteiger partial charge in [0.05, 0.1) is 18.9 Å². The van der Waals surface area contributed by atoms with Gasteiger partial charge in [-0.25, -0.2) is 0 Å². The second-order valence-corrected chi connectivity index (χ2v) is 8.90. The lowest BCUT2D eigenvalue weighted by atomic mass is 9.96. The number of carbonyl (C=O) groups is 1. The van der Waals surface area contributed by atoms with Crippen LogP contribution in [0.3, 0.4) is 0 Å². The maximum absolute atomic E-state index is 12.9. The van der Waals surface area contributed by atoms with Gasteiger partial charge in [0.15, 0.2) is 0 Å². The number of aliphatic hydroxyl groups excluding tert-OH is 2. The number of rotatable bonds is 9. The summed E-state index contributed by atoms with van der Waals surface area (Å²) in [6.07, 6.45) is -0.399. The molecule has 1 atom stereocenters. The lowest BCUT2D eigenvalue weighted by molar-refractivity contribution is -0.116. The van der Waals surface area contributed by atoms with Crippen molar-refractivity contribution in [2.24, 2.45) is 0 Å². The molecule has 1 unspecified atom stereocenters. The van der Waals surface area contributed by atoms with Gasteiger partial charge in [0.2, 0.25) is 5.91 Å². The normalized spacial score (nSPS) is 14.7. The molecular formula is C19H20F5N3O3S. The molecule has 6 nitrogen and oxygen atoms in total. The van der Waals surface area contributed by atoms with E-state index in [-0.39, 0.29) is 46.9 Å². The van der Waals surface area contributed by atoms with Crippen LogP contribution in [0.2, 0.25) is 0 Å². The van der Waals surface area contributed by atoms with Gasteiger partial charge >= 0.3 is 10.2 Å². The maximum atomic E-state index is 12.9. The summed E-state index contributed by atoms with van der Waals surface area (Å²) >= 11 is 0. The molecule has 0 fully saturated rings. The molecule has 0 saturated carbocycles. The summed E-state index contributed by atoms with van der Waals surface area (Å²) in [7, 11) is -9.81. The smallest absolute Gasteiger partial charge is 0.310 e. The van der Waals surface area contributed by atoms with E-state index < -0.39 is 33.7 Å². The van der Waals surface area contributed by atoms with Crippen molar-refractivity contribution in [2.45, 2.75) is 11.0 Å². The van der Waals surface area contributed by atoms with Gasteiger partial charge in [-0.05, 0) is 42.0 Å². The van der Waals surface area contributed by atoms with Crippen molar-refractivity contribution in [1.82, 2.24) is 5.32 Å². The number of hydrogen-bond acceptors (Lipinski definition) is 5. The minimum Gasteiger partial charge on any atom is -0.393 e. The van der Waals surface area contributed by atoms with Crippen LogP contribution < -0.4 is 10.6 Å². The number of aliphatic hydroxyl groups is 2. The maximum Gasteiger partial charge on any atom is 0.310 e.